The average molecular weight is 293 g/mol. The topological polar surface area (TPSA) is 17.1 Å². The van der Waals surface area contributed by atoms with Gasteiger partial charge in [0.1, 0.15) is 6.29 Å². The minimum absolute atomic E-state index is 0.386. The second kappa shape index (κ2) is 9.64. The van der Waals surface area contributed by atoms with E-state index >= 15 is 0 Å². The largest absolute Gasteiger partial charge is 0.303 e. The molecule has 0 heterocycles. The molecule has 2 saturated carbocycles. The van der Waals surface area contributed by atoms with Crippen molar-refractivity contribution in [2.45, 2.75) is 96.8 Å². The van der Waals surface area contributed by atoms with Crippen LogP contribution in [0.3, 0.4) is 0 Å². The molecule has 21 heavy (non-hydrogen) atoms. The van der Waals surface area contributed by atoms with E-state index in [4.69, 9.17) is 0 Å². The van der Waals surface area contributed by atoms with Crippen LogP contribution < -0.4 is 0 Å². The van der Waals surface area contributed by atoms with Crippen LogP contribution in [0.1, 0.15) is 96.8 Å². The summed E-state index contributed by atoms with van der Waals surface area (Å²) in [4.78, 5) is 10.9. The van der Waals surface area contributed by atoms with Crippen molar-refractivity contribution in [3.63, 3.8) is 0 Å². The third kappa shape index (κ3) is 6.12. The summed E-state index contributed by atoms with van der Waals surface area (Å²) in [6.07, 6.45) is 20.8. The van der Waals surface area contributed by atoms with Gasteiger partial charge in [0.2, 0.25) is 0 Å². The number of unbranched alkanes of at least 4 members (excludes halogenated alkanes) is 1. The zero-order chi connectivity index (χ0) is 14.9. The van der Waals surface area contributed by atoms with Gasteiger partial charge in [-0.05, 0) is 37.0 Å². The van der Waals surface area contributed by atoms with Crippen LogP contribution in [0.25, 0.3) is 0 Å². The third-order valence-electron chi connectivity index (χ3n) is 6.08. The van der Waals surface area contributed by atoms with Crippen molar-refractivity contribution in [2.24, 2.45) is 23.7 Å². The average Bonchev–Trinajstić information content (AvgIpc) is 2.52. The van der Waals surface area contributed by atoms with Crippen LogP contribution in [0.5, 0.6) is 0 Å². The lowest BCUT2D eigenvalue weighted by atomic mass is 9.76. The van der Waals surface area contributed by atoms with Gasteiger partial charge in [0.25, 0.3) is 0 Å². The maximum atomic E-state index is 10.9. The molecule has 2 fully saturated rings. The van der Waals surface area contributed by atoms with Crippen molar-refractivity contribution in [1.29, 1.82) is 0 Å². The van der Waals surface area contributed by atoms with Crippen molar-refractivity contribution in [1.82, 2.24) is 0 Å². The maximum Gasteiger partial charge on any atom is 0.123 e. The Labute approximate surface area is 132 Å². The highest BCUT2D eigenvalue weighted by molar-refractivity contribution is 5.53. The fourth-order valence-corrected chi connectivity index (χ4v) is 4.92. The first-order valence-electron chi connectivity index (χ1n) is 9.77. The molecule has 0 aromatic rings. The van der Waals surface area contributed by atoms with Crippen LogP contribution in [0.15, 0.2) is 0 Å². The quantitative estimate of drug-likeness (QED) is 0.387. The van der Waals surface area contributed by atoms with Gasteiger partial charge in [0.05, 0.1) is 0 Å². The summed E-state index contributed by atoms with van der Waals surface area (Å²) in [5.41, 5.74) is 0. The van der Waals surface area contributed by atoms with Crippen LogP contribution in [-0.4, -0.2) is 6.29 Å². The van der Waals surface area contributed by atoms with Gasteiger partial charge in [0, 0.05) is 5.92 Å². The standard InChI is InChI=1S/C20H36O/c1-2-7-17-10-5-11-18(14-17)8-3-4-9-19-12-6-13-20(15-19)16-21/h16-20H,2-15H2,1H3. The molecule has 2 aliphatic rings. The summed E-state index contributed by atoms with van der Waals surface area (Å²) in [7, 11) is 0. The Morgan fingerprint density at radius 1 is 0.810 bits per heavy atom. The van der Waals surface area contributed by atoms with Crippen LogP contribution in [-0.2, 0) is 4.79 Å². The monoisotopic (exact) mass is 292 g/mol. The number of hydrogen-bond donors (Lipinski definition) is 0. The molecule has 0 aliphatic heterocycles. The number of aldehydes is 1. The summed E-state index contributed by atoms with van der Waals surface area (Å²) in [6.45, 7) is 2.33. The van der Waals surface area contributed by atoms with E-state index in [2.05, 4.69) is 6.92 Å². The highest BCUT2D eigenvalue weighted by Gasteiger charge is 2.22. The minimum Gasteiger partial charge on any atom is -0.303 e. The van der Waals surface area contributed by atoms with E-state index in [-0.39, 0.29) is 0 Å². The molecule has 4 atom stereocenters. The Bertz CT molecular complexity index is 284. The van der Waals surface area contributed by atoms with E-state index in [0.29, 0.717) is 5.92 Å². The molecule has 2 aliphatic carbocycles. The molecule has 122 valence electrons. The summed E-state index contributed by atoms with van der Waals surface area (Å²) in [5, 5.41) is 0. The van der Waals surface area contributed by atoms with Crippen LogP contribution in [0.2, 0.25) is 0 Å². The first kappa shape index (κ1) is 17.0. The Morgan fingerprint density at radius 3 is 2.00 bits per heavy atom. The first-order chi connectivity index (χ1) is 10.3. The van der Waals surface area contributed by atoms with Crippen molar-refractivity contribution < 1.29 is 4.79 Å². The Balaban J connectivity index is 1.55. The van der Waals surface area contributed by atoms with E-state index in [1.807, 2.05) is 0 Å². The zero-order valence-corrected chi connectivity index (χ0v) is 14.2. The van der Waals surface area contributed by atoms with E-state index in [1.54, 1.807) is 0 Å². The van der Waals surface area contributed by atoms with Gasteiger partial charge in [-0.15, -0.1) is 0 Å². The zero-order valence-electron chi connectivity index (χ0n) is 14.2. The van der Waals surface area contributed by atoms with Gasteiger partial charge in [-0.3, -0.25) is 0 Å². The van der Waals surface area contributed by atoms with Crippen molar-refractivity contribution in [3.05, 3.63) is 0 Å². The molecular formula is C20H36O. The van der Waals surface area contributed by atoms with Gasteiger partial charge in [-0.25, -0.2) is 0 Å². The molecule has 0 amide bonds. The van der Waals surface area contributed by atoms with Gasteiger partial charge in [0.15, 0.2) is 0 Å². The van der Waals surface area contributed by atoms with Crippen molar-refractivity contribution in [3.8, 4) is 0 Å². The summed E-state index contributed by atoms with van der Waals surface area (Å²) >= 11 is 0. The fraction of sp³-hybridized carbons (Fsp3) is 0.950. The van der Waals surface area contributed by atoms with Gasteiger partial charge in [-0.1, -0.05) is 77.6 Å². The smallest absolute Gasteiger partial charge is 0.123 e. The first-order valence-corrected chi connectivity index (χ1v) is 9.77. The number of carbonyl (C=O) groups excluding carboxylic acids is 1. The Morgan fingerprint density at radius 2 is 1.38 bits per heavy atom. The lowest BCUT2D eigenvalue weighted by molar-refractivity contribution is -0.112. The lowest BCUT2D eigenvalue weighted by Crippen LogP contribution is -2.17. The van der Waals surface area contributed by atoms with Crippen molar-refractivity contribution in [2.75, 3.05) is 0 Å². The highest BCUT2D eigenvalue weighted by atomic mass is 16.1. The Kier molecular flexibility index (Phi) is 7.82. The summed E-state index contributed by atoms with van der Waals surface area (Å²) < 4.78 is 0. The summed E-state index contributed by atoms with van der Waals surface area (Å²) in [6, 6.07) is 0. The van der Waals surface area contributed by atoms with E-state index in [9.17, 15) is 4.79 Å². The van der Waals surface area contributed by atoms with E-state index < -0.39 is 0 Å². The minimum atomic E-state index is 0.386. The van der Waals surface area contributed by atoms with Crippen molar-refractivity contribution >= 4 is 6.29 Å². The van der Waals surface area contributed by atoms with Crippen LogP contribution in [0.4, 0.5) is 0 Å². The molecule has 2 rings (SSSR count). The molecule has 1 heteroatoms. The molecule has 0 bridgehead atoms. The molecule has 0 N–H and O–H groups in total. The molecule has 0 aromatic heterocycles. The number of carbonyl (C=O) groups is 1. The second-order valence-electron chi connectivity index (χ2n) is 7.90. The predicted molar refractivity (Wildman–Crippen MR) is 90.3 cm³/mol. The van der Waals surface area contributed by atoms with E-state index in [0.717, 1.165) is 24.2 Å². The van der Waals surface area contributed by atoms with Crippen LogP contribution in [0, 0.1) is 23.7 Å². The summed E-state index contributed by atoms with van der Waals surface area (Å²) in [5.74, 6) is 3.31. The molecule has 1 nitrogen and oxygen atoms in total. The van der Waals surface area contributed by atoms with Gasteiger partial charge >= 0.3 is 0 Å². The fourth-order valence-electron chi connectivity index (χ4n) is 4.92. The molecule has 0 aromatic carbocycles. The maximum absolute atomic E-state index is 10.9. The molecule has 4 unspecified atom stereocenters. The normalized spacial score (nSPS) is 33.8. The molecule has 0 spiro atoms. The molecule has 0 radical (unpaired) electrons. The predicted octanol–water partition coefficient (Wildman–Crippen LogP) is 6.16. The molecule has 0 saturated heterocycles. The van der Waals surface area contributed by atoms with Gasteiger partial charge in [-0.2, -0.15) is 0 Å². The second-order valence-corrected chi connectivity index (χ2v) is 7.90. The molecular weight excluding hydrogens is 256 g/mol. The third-order valence-corrected chi connectivity index (χ3v) is 6.08. The SMILES string of the molecule is CCCC1CCCC(CCCCC2CCCC(C=O)C2)C1. The Hall–Kier alpha value is -0.330. The van der Waals surface area contributed by atoms with Gasteiger partial charge < -0.3 is 4.79 Å². The number of rotatable bonds is 8. The van der Waals surface area contributed by atoms with Crippen LogP contribution >= 0.6 is 0 Å². The number of hydrogen-bond acceptors (Lipinski definition) is 1. The highest BCUT2D eigenvalue weighted by Crippen LogP contribution is 2.35. The van der Waals surface area contributed by atoms with E-state index in [1.165, 1.54) is 89.8 Å². The lowest BCUT2D eigenvalue weighted by Gasteiger charge is -2.29.